The molecule has 1 aromatic rings. The quantitative estimate of drug-likeness (QED) is 0.749. The van der Waals surface area contributed by atoms with Crippen molar-refractivity contribution >= 4 is 11.9 Å². The van der Waals surface area contributed by atoms with Crippen LogP contribution in [-0.2, 0) is 21.2 Å². The van der Waals surface area contributed by atoms with Crippen LogP contribution in [0.25, 0.3) is 0 Å². The summed E-state index contributed by atoms with van der Waals surface area (Å²) in [5, 5.41) is 11.9. The molecule has 0 spiro atoms. The normalized spacial score (nSPS) is 20.2. The zero-order valence-corrected chi connectivity index (χ0v) is 14.0. The first kappa shape index (κ1) is 18.7. The highest BCUT2D eigenvalue weighted by atomic mass is 19.4. The van der Waals surface area contributed by atoms with Crippen LogP contribution in [0.4, 0.5) is 17.6 Å². The second kappa shape index (κ2) is 6.25. The van der Waals surface area contributed by atoms with Crippen LogP contribution in [0.15, 0.2) is 18.2 Å². The van der Waals surface area contributed by atoms with Gasteiger partial charge in [0.05, 0.1) is 11.0 Å². The Balaban J connectivity index is 1.68. The number of hydrogen-bond donors (Lipinski definition) is 2. The van der Waals surface area contributed by atoms with Gasteiger partial charge in [0.25, 0.3) is 0 Å². The van der Waals surface area contributed by atoms with E-state index in [0.29, 0.717) is 31.7 Å². The molecule has 0 atom stereocenters. The maximum Gasteiger partial charge on any atom is 0.416 e. The van der Waals surface area contributed by atoms with E-state index in [-0.39, 0.29) is 18.5 Å². The largest absolute Gasteiger partial charge is 0.481 e. The van der Waals surface area contributed by atoms with Crippen LogP contribution in [0.2, 0.25) is 0 Å². The number of carboxylic acids is 1. The number of halogens is 4. The van der Waals surface area contributed by atoms with E-state index in [0.717, 1.165) is 18.6 Å². The molecule has 0 heterocycles. The van der Waals surface area contributed by atoms with Gasteiger partial charge in [0.2, 0.25) is 5.91 Å². The summed E-state index contributed by atoms with van der Waals surface area (Å²) in [7, 11) is 0. The predicted molar refractivity (Wildman–Crippen MR) is 83.9 cm³/mol. The van der Waals surface area contributed by atoms with Gasteiger partial charge in [-0.05, 0) is 49.4 Å². The molecule has 2 fully saturated rings. The number of carbonyl (C=O) groups excluding carboxylic acids is 1. The lowest BCUT2D eigenvalue weighted by Crippen LogP contribution is -2.43. The third-order valence-electron chi connectivity index (χ3n) is 5.58. The third-order valence-corrected chi connectivity index (χ3v) is 5.58. The minimum absolute atomic E-state index is 0.0717. The molecular formula is C18H19F4NO3. The minimum atomic E-state index is -4.64. The van der Waals surface area contributed by atoms with Gasteiger partial charge in [-0.15, -0.1) is 0 Å². The van der Waals surface area contributed by atoms with Crippen molar-refractivity contribution in [3.05, 3.63) is 35.1 Å². The number of alkyl halides is 3. The zero-order chi connectivity index (χ0) is 19.2. The molecule has 0 aliphatic heterocycles. The van der Waals surface area contributed by atoms with Crippen LogP contribution in [-0.4, -0.2) is 23.5 Å². The Morgan fingerprint density at radius 1 is 1.12 bits per heavy atom. The molecule has 142 valence electrons. The third kappa shape index (κ3) is 3.54. The Morgan fingerprint density at radius 3 is 2.23 bits per heavy atom. The fraction of sp³-hybridized carbons (Fsp3) is 0.556. The van der Waals surface area contributed by atoms with E-state index < -0.39 is 40.3 Å². The van der Waals surface area contributed by atoms with Crippen LogP contribution in [0.3, 0.4) is 0 Å². The van der Waals surface area contributed by atoms with Crippen LogP contribution < -0.4 is 5.32 Å². The van der Waals surface area contributed by atoms with E-state index in [1.54, 1.807) is 0 Å². The molecule has 2 aliphatic carbocycles. The molecule has 4 nitrogen and oxygen atoms in total. The van der Waals surface area contributed by atoms with Crippen molar-refractivity contribution in [3.8, 4) is 0 Å². The van der Waals surface area contributed by atoms with Gasteiger partial charge in [-0.2, -0.15) is 13.2 Å². The Hall–Kier alpha value is -2.12. The van der Waals surface area contributed by atoms with Crippen LogP contribution in [0.5, 0.6) is 0 Å². The lowest BCUT2D eigenvalue weighted by atomic mass is 9.66. The van der Waals surface area contributed by atoms with Gasteiger partial charge in [-0.3, -0.25) is 9.59 Å². The molecule has 26 heavy (non-hydrogen) atoms. The average Bonchev–Trinajstić information content (AvgIpc) is 3.28. The summed E-state index contributed by atoms with van der Waals surface area (Å²) < 4.78 is 52.3. The van der Waals surface area contributed by atoms with Gasteiger partial charge in [0.15, 0.2) is 0 Å². The first-order valence-corrected chi connectivity index (χ1v) is 8.45. The Morgan fingerprint density at radius 2 is 1.77 bits per heavy atom. The molecule has 3 rings (SSSR count). The Kier molecular flexibility index (Phi) is 4.48. The van der Waals surface area contributed by atoms with E-state index in [1.165, 1.54) is 0 Å². The fourth-order valence-corrected chi connectivity index (χ4v) is 3.49. The van der Waals surface area contributed by atoms with Gasteiger partial charge in [-0.1, -0.05) is 6.42 Å². The number of hydrogen-bond acceptors (Lipinski definition) is 2. The molecule has 0 unspecified atom stereocenters. The fourth-order valence-electron chi connectivity index (χ4n) is 3.49. The topological polar surface area (TPSA) is 66.4 Å². The van der Waals surface area contributed by atoms with Crippen molar-refractivity contribution in [1.29, 1.82) is 0 Å². The lowest BCUT2D eigenvalue weighted by molar-refractivity contribution is -0.157. The molecule has 0 radical (unpaired) electrons. The van der Waals surface area contributed by atoms with Gasteiger partial charge in [-0.25, -0.2) is 4.39 Å². The molecule has 0 aromatic heterocycles. The average molecular weight is 373 g/mol. The first-order valence-electron chi connectivity index (χ1n) is 8.45. The van der Waals surface area contributed by atoms with E-state index in [2.05, 4.69) is 5.32 Å². The highest BCUT2D eigenvalue weighted by Crippen LogP contribution is 2.49. The molecule has 1 amide bonds. The number of nitrogens with one attached hydrogen (secondary N) is 1. The number of rotatable bonds is 6. The maximum absolute atomic E-state index is 13.6. The summed E-state index contributed by atoms with van der Waals surface area (Å²) in [6.07, 6.45) is -2.06. The number of amides is 1. The summed E-state index contributed by atoms with van der Waals surface area (Å²) in [5.74, 6) is -2.41. The standard InChI is InChI=1S/C18H19F4NO3/c19-13-7-11(6-12(8-13)18(20,21)22)17(4-5-17)10-23-14(24)9-16(15(25)26)2-1-3-16/h6-8H,1-5,9-10H2,(H,23,24)(H,25,26). The highest BCUT2D eigenvalue weighted by Gasteiger charge is 2.48. The van der Waals surface area contributed by atoms with Crippen LogP contribution >= 0.6 is 0 Å². The summed E-state index contributed by atoms with van der Waals surface area (Å²) in [6, 6.07) is 2.44. The monoisotopic (exact) mass is 373 g/mol. The van der Waals surface area contributed by atoms with Gasteiger partial charge < -0.3 is 10.4 Å². The van der Waals surface area contributed by atoms with E-state index in [4.69, 9.17) is 0 Å². The van der Waals surface area contributed by atoms with Crippen molar-refractivity contribution in [2.45, 2.75) is 50.1 Å². The summed E-state index contributed by atoms with van der Waals surface area (Å²) in [4.78, 5) is 23.4. The number of benzene rings is 1. The van der Waals surface area contributed by atoms with Gasteiger partial charge in [0, 0.05) is 18.4 Å². The number of aliphatic carboxylic acids is 1. The summed E-state index contributed by atoms with van der Waals surface area (Å²) in [6.45, 7) is 0.0717. The number of carboxylic acid groups (broad SMARTS) is 1. The first-order chi connectivity index (χ1) is 12.1. The number of carbonyl (C=O) groups is 2. The predicted octanol–water partition coefficient (Wildman–Crippen LogP) is 3.64. The van der Waals surface area contributed by atoms with Gasteiger partial charge >= 0.3 is 12.1 Å². The summed E-state index contributed by atoms with van der Waals surface area (Å²) in [5.41, 5.74) is -2.58. The maximum atomic E-state index is 13.6. The molecule has 0 bridgehead atoms. The molecular weight excluding hydrogens is 354 g/mol. The SMILES string of the molecule is O=C(CC1(C(=O)O)CCC1)NCC1(c2cc(F)cc(C(F)(F)F)c2)CC1. The molecule has 8 heteroatoms. The zero-order valence-electron chi connectivity index (χ0n) is 14.0. The smallest absolute Gasteiger partial charge is 0.416 e. The van der Waals surface area contributed by atoms with Crippen molar-refractivity contribution in [1.82, 2.24) is 5.32 Å². The highest BCUT2D eigenvalue weighted by molar-refractivity contribution is 5.85. The second-order valence-corrected chi connectivity index (χ2v) is 7.40. The Labute approximate surface area is 147 Å². The molecule has 2 aliphatic rings. The molecule has 1 aromatic carbocycles. The Bertz CT molecular complexity index is 736. The van der Waals surface area contributed by atoms with Crippen LogP contribution in [0, 0.1) is 11.2 Å². The minimum Gasteiger partial charge on any atom is -0.481 e. The van der Waals surface area contributed by atoms with Crippen molar-refractivity contribution in [2.24, 2.45) is 5.41 Å². The second-order valence-electron chi connectivity index (χ2n) is 7.40. The summed E-state index contributed by atoms with van der Waals surface area (Å²) >= 11 is 0. The molecule has 2 N–H and O–H groups in total. The van der Waals surface area contributed by atoms with E-state index in [9.17, 15) is 32.3 Å². The van der Waals surface area contributed by atoms with E-state index in [1.807, 2.05) is 0 Å². The van der Waals surface area contributed by atoms with Crippen molar-refractivity contribution < 1.29 is 32.3 Å². The lowest BCUT2D eigenvalue weighted by Gasteiger charge is -2.37. The molecule has 0 saturated heterocycles. The van der Waals surface area contributed by atoms with Crippen molar-refractivity contribution in [3.63, 3.8) is 0 Å². The van der Waals surface area contributed by atoms with E-state index >= 15 is 0 Å². The molecule has 2 saturated carbocycles. The van der Waals surface area contributed by atoms with Crippen LogP contribution in [0.1, 0.15) is 49.7 Å². The van der Waals surface area contributed by atoms with Gasteiger partial charge in [0.1, 0.15) is 5.82 Å². The van der Waals surface area contributed by atoms with Crippen molar-refractivity contribution in [2.75, 3.05) is 6.54 Å².